The van der Waals surface area contributed by atoms with Crippen LogP contribution >= 0.6 is 0 Å². The molecule has 1 aromatic heterocycles. The minimum Gasteiger partial charge on any atom is -0.472 e. The summed E-state index contributed by atoms with van der Waals surface area (Å²) in [6.07, 6.45) is 1.64. The van der Waals surface area contributed by atoms with Gasteiger partial charge in [-0.15, -0.1) is 0 Å². The van der Waals surface area contributed by atoms with Crippen LogP contribution in [-0.2, 0) is 11.3 Å². The zero-order valence-electron chi connectivity index (χ0n) is 18.7. The van der Waals surface area contributed by atoms with Crippen molar-refractivity contribution in [2.24, 2.45) is 4.99 Å². The number of rotatable bonds is 7. The molecule has 0 amide bonds. The smallest absolute Gasteiger partial charge is 0.253 e. The molecule has 4 rings (SSSR count). The molecule has 6 nitrogen and oxygen atoms in total. The van der Waals surface area contributed by atoms with Crippen molar-refractivity contribution in [3.8, 4) is 5.88 Å². The fraction of sp³-hybridized carbons (Fsp3) is 0.360. The second kappa shape index (κ2) is 9.80. The Kier molecular flexibility index (Phi) is 6.85. The molecule has 33 heavy (non-hydrogen) atoms. The number of aliphatic imine (C=N–C) groups is 1. The van der Waals surface area contributed by atoms with Gasteiger partial charge in [-0.1, -0.05) is 36.4 Å². The summed E-state index contributed by atoms with van der Waals surface area (Å²) in [6.45, 7) is 4.23. The highest BCUT2D eigenvalue weighted by Gasteiger charge is 2.27. The predicted molar refractivity (Wildman–Crippen MR) is 124 cm³/mol. The second-order valence-electron chi connectivity index (χ2n) is 8.62. The van der Waals surface area contributed by atoms with Gasteiger partial charge in [0.1, 0.15) is 18.0 Å². The number of halogens is 2. The van der Waals surface area contributed by atoms with E-state index in [1.165, 1.54) is 13.8 Å². The van der Waals surface area contributed by atoms with Crippen LogP contribution in [0.1, 0.15) is 25.1 Å². The lowest BCUT2D eigenvalue weighted by Gasteiger charge is -2.30. The maximum absolute atomic E-state index is 15.3. The molecule has 0 saturated carbocycles. The first-order valence-electron chi connectivity index (χ1n) is 10.9. The van der Waals surface area contributed by atoms with Crippen LogP contribution in [0.2, 0.25) is 0 Å². The Hall–Kier alpha value is -3.10. The number of benzene rings is 2. The predicted octanol–water partition coefficient (Wildman–Crippen LogP) is 4.12. The molecule has 2 heterocycles. The van der Waals surface area contributed by atoms with Crippen molar-refractivity contribution in [2.75, 3.05) is 37.8 Å². The van der Waals surface area contributed by atoms with E-state index in [2.05, 4.69) is 9.98 Å². The van der Waals surface area contributed by atoms with E-state index in [-0.39, 0.29) is 30.4 Å². The number of hydrogen-bond donors (Lipinski definition) is 1. The van der Waals surface area contributed by atoms with Crippen LogP contribution in [0.4, 0.5) is 14.5 Å². The Morgan fingerprint density at radius 1 is 1.12 bits per heavy atom. The number of fused-ring (bicyclic) bond motifs is 1. The first kappa shape index (κ1) is 23.1. The fourth-order valence-corrected chi connectivity index (χ4v) is 3.59. The van der Waals surface area contributed by atoms with E-state index in [4.69, 9.17) is 9.47 Å². The van der Waals surface area contributed by atoms with Gasteiger partial charge in [-0.25, -0.2) is 9.37 Å². The lowest BCUT2D eigenvalue weighted by atomic mass is 10.1. The zero-order valence-corrected chi connectivity index (χ0v) is 18.7. The van der Waals surface area contributed by atoms with Gasteiger partial charge in [-0.05, 0) is 36.2 Å². The van der Waals surface area contributed by atoms with E-state index in [9.17, 15) is 5.11 Å². The zero-order chi connectivity index (χ0) is 23.4. The van der Waals surface area contributed by atoms with Crippen LogP contribution in [0, 0.1) is 11.6 Å². The summed E-state index contributed by atoms with van der Waals surface area (Å²) in [6, 6.07) is 13.9. The molecule has 1 aliphatic heterocycles. The molecule has 0 spiro atoms. The van der Waals surface area contributed by atoms with Gasteiger partial charge >= 0.3 is 0 Å². The van der Waals surface area contributed by atoms with Gasteiger partial charge in [0.25, 0.3) is 5.88 Å². The Balaban J connectivity index is 1.62. The summed E-state index contributed by atoms with van der Waals surface area (Å²) in [7, 11) is 0. The molecule has 0 aliphatic carbocycles. The van der Waals surface area contributed by atoms with Crippen LogP contribution in [0.15, 0.2) is 47.5 Å². The monoisotopic (exact) mass is 455 g/mol. The SMILES string of the molecule is CC(C)(O)COc1nc(CN=Cc2ccc3ccccc3c2)c(F)c(N2CCOCC2)c1F. The minimum absolute atomic E-state index is 0.0272. The molecule has 2 aromatic carbocycles. The summed E-state index contributed by atoms with van der Waals surface area (Å²) in [5, 5.41) is 12.1. The number of ether oxygens (including phenoxy) is 2. The maximum Gasteiger partial charge on any atom is 0.253 e. The van der Waals surface area contributed by atoms with Crippen molar-refractivity contribution >= 4 is 22.7 Å². The van der Waals surface area contributed by atoms with Crippen molar-refractivity contribution in [3.05, 3.63) is 65.4 Å². The summed E-state index contributed by atoms with van der Waals surface area (Å²) >= 11 is 0. The summed E-state index contributed by atoms with van der Waals surface area (Å²) in [5.41, 5.74) is -0.561. The van der Waals surface area contributed by atoms with Gasteiger partial charge in [-0.2, -0.15) is 4.39 Å². The average Bonchev–Trinajstić information content (AvgIpc) is 2.80. The fourth-order valence-electron chi connectivity index (χ4n) is 3.59. The Morgan fingerprint density at radius 3 is 2.58 bits per heavy atom. The van der Waals surface area contributed by atoms with Crippen LogP contribution in [0.25, 0.3) is 10.8 Å². The van der Waals surface area contributed by atoms with Crippen molar-refractivity contribution in [1.29, 1.82) is 0 Å². The van der Waals surface area contributed by atoms with E-state index in [1.54, 1.807) is 11.1 Å². The third-order valence-electron chi connectivity index (χ3n) is 5.24. The van der Waals surface area contributed by atoms with Crippen LogP contribution in [0.3, 0.4) is 0 Å². The molecule has 8 heteroatoms. The van der Waals surface area contributed by atoms with Crippen molar-refractivity contribution in [2.45, 2.75) is 26.0 Å². The van der Waals surface area contributed by atoms with Crippen LogP contribution in [-0.4, -0.2) is 54.8 Å². The number of nitrogens with zero attached hydrogens (tertiary/aromatic N) is 3. The van der Waals surface area contributed by atoms with Gasteiger partial charge in [0.15, 0.2) is 5.82 Å². The third-order valence-corrected chi connectivity index (χ3v) is 5.24. The molecule has 1 saturated heterocycles. The molecule has 1 fully saturated rings. The van der Waals surface area contributed by atoms with Gasteiger partial charge in [0.2, 0.25) is 5.82 Å². The first-order chi connectivity index (χ1) is 15.8. The van der Waals surface area contributed by atoms with E-state index in [0.29, 0.717) is 26.3 Å². The standard InChI is InChI=1S/C25H27F2N3O3/c1-25(2,31)16-33-24-22(27)23(30-9-11-32-12-10-30)21(26)20(29-24)15-28-14-17-7-8-18-5-3-4-6-19(18)13-17/h3-8,13-14,31H,9-12,15-16H2,1-2H3. The maximum atomic E-state index is 15.3. The lowest BCUT2D eigenvalue weighted by Crippen LogP contribution is -2.38. The van der Waals surface area contributed by atoms with Crippen LogP contribution < -0.4 is 9.64 Å². The number of hydrogen-bond acceptors (Lipinski definition) is 6. The van der Waals surface area contributed by atoms with E-state index in [0.717, 1.165) is 16.3 Å². The van der Waals surface area contributed by atoms with E-state index in [1.807, 2.05) is 42.5 Å². The number of pyridine rings is 1. The molecule has 1 aliphatic rings. The van der Waals surface area contributed by atoms with Crippen molar-refractivity contribution in [1.82, 2.24) is 4.98 Å². The van der Waals surface area contributed by atoms with Gasteiger partial charge in [0.05, 0.1) is 25.4 Å². The van der Waals surface area contributed by atoms with Gasteiger partial charge in [-0.3, -0.25) is 4.99 Å². The molecule has 0 unspecified atom stereocenters. The molecule has 174 valence electrons. The molecule has 0 radical (unpaired) electrons. The number of aromatic nitrogens is 1. The van der Waals surface area contributed by atoms with Crippen LogP contribution in [0.5, 0.6) is 5.88 Å². The number of morpholine rings is 1. The number of anilines is 1. The number of aliphatic hydroxyl groups is 1. The molecular formula is C25H27F2N3O3. The van der Waals surface area contributed by atoms with Gasteiger partial charge < -0.3 is 19.5 Å². The average molecular weight is 456 g/mol. The Bertz CT molecular complexity index is 1160. The highest BCUT2D eigenvalue weighted by Crippen LogP contribution is 2.32. The van der Waals surface area contributed by atoms with E-state index >= 15 is 8.78 Å². The lowest BCUT2D eigenvalue weighted by molar-refractivity contribution is 0.0252. The highest BCUT2D eigenvalue weighted by molar-refractivity contribution is 5.90. The van der Waals surface area contributed by atoms with E-state index < -0.39 is 17.2 Å². The Morgan fingerprint density at radius 2 is 1.85 bits per heavy atom. The Labute approximate surface area is 191 Å². The van der Waals surface area contributed by atoms with Gasteiger partial charge in [0, 0.05) is 19.3 Å². The molecule has 1 N–H and O–H groups in total. The summed E-state index contributed by atoms with van der Waals surface area (Å²) in [4.78, 5) is 9.99. The minimum atomic E-state index is -1.20. The molecule has 3 aromatic rings. The summed E-state index contributed by atoms with van der Waals surface area (Å²) < 4.78 is 41.3. The first-order valence-corrected chi connectivity index (χ1v) is 10.9. The molecular weight excluding hydrogens is 428 g/mol. The summed E-state index contributed by atoms with van der Waals surface area (Å²) in [5.74, 6) is -2.00. The highest BCUT2D eigenvalue weighted by atomic mass is 19.1. The topological polar surface area (TPSA) is 67.2 Å². The molecule has 0 atom stereocenters. The van der Waals surface area contributed by atoms with Crippen molar-refractivity contribution in [3.63, 3.8) is 0 Å². The van der Waals surface area contributed by atoms with Crippen molar-refractivity contribution < 1.29 is 23.4 Å². The third kappa shape index (κ3) is 5.64. The second-order valence-corrected chi connectivity index (χ2v) is 8.62. The normalized spacial score (nSPS) is 14.9. The largest absolute Gasteiger partial charge is 0.472 e. The molecule has 0 bridgehead atoms. The quantitative estimate of drug-likeness (QED) is 0.543.